The largest absolute Gasteiger partial charge is 0.364 e. The van der Waals surface area contributed by atoms with Crippen molar-refractivity contribution in [1.29, 1.82) is 0 Å². The van der Waals surface area contributed by atoms with Gasteiger partial charge in [0.15, 0.2) is 5.65 Å². The van der Waals surface area contributed by atoms with Crippen molar-refractivity contribution in [2.24, 2.45) is 7.05 Å². The van der Waals surface area contributed by atoms with E-state index in [4.69, 9.17) is 0 Å². The van der Waals surface area contributed by atoms with E-state index in [-0.39, 0.29) is 5.56 Å². The zero-order valence-electron chi connectivity index (χ0n) is 12.4. The van der Waals surface area contributed by atoms with E-state index in [0.717, 1.165) is 19.4 Å². The van der Waals surface area contributed by atoms with Gasteiger partial charge in [0.2, 0.25) is 0 Å². The highest BCUT2D eigenvalue weighted by molar-refractivity contribution is 5.73. The summed E-state index contributed by atoms with van der Waals surface area (Å²) in [5, 5.41) is 4.63. The number of rotatable bonds is 2. The van der Waals surface area contributed by atoms with E-state index >= 15 is 0 Å². The normalized spacial score (nSPS) is 14.3. The topological polar surface area (TPSA) is 66.8 Å². The number of benzene rings is 1. The van der Waals surface area contributed by atoms with Gasteiger partial charge in [0.1, 0.15) is 11.2 Å². The number of aromatic nitrogens is 4. The maximum absolute atomic E-state index is 12.1. The van der Waals surface area contributed by atoms with Gasteiger partial charge in [-0.2, -0.15) is 5.10 Å². The minimum atomic E-state index is -0.126. The van der Waals surface area contributed by atoms with Gasteiger partial charge in [0.25, 0.3) is 5.56 Å². The molecular weight excluding hydrogens is 278 g/mol. The molecule has 112 valence electrons. The Balaban J connectivity index is 1.73. The van der Waals surface area contributed by atoms with Crippen LogP contribution in [0.2, 0.25) is 0 Å². The number of aryl methyl sites for hydroxylation is 2. The lowest BCUT2D eigenvalue weighted by Crippen LogP contribution is -2.30. The molecule has 6 heteroatoms. The number of nitrogens with one attached hydrogen (secondary N) is 1. The molecule has 0 saturated heterocycles. The number of nitrogens with zero attached hydrogens (tertiary/aromatic N) is 4. The molecule has 6 nitrogen and oxygen atoms in total. The second-order valence-corrected chi connectivity index (χ2v) is 5.67. The SMILES string of the molecule is Cn1ncc2c(=O)[nH]c(CN3CCCc4ccccc43)nc21. The Kier molecular flexibility index (Phi) is 2.96. The number of para-hydroxylation sites is 1. The van der Waals surface area contributed by atoms with Crippen LogP contribution >= 0.6 is 0 Å². The first-order valence-electron chi connectivity index (χ1n) is 7.46. The predicted octanol–water partition coefficient (Wildman–Crippen LogP) is 1.61. The summed E-state index contributed by atoms with van der Waals surface area (Å²) in [5.74, 6) is 0.679. The van der Waals surface area contributed by atoms with E-state index in [1.54, 1.807) is 17.9 Å². The monoisotopic (exact) mass is 295 g/mol. The highest BCUT2D eigenvalue weighted by atomic mass is 16.1. The summed E-state index contributed by atoms with van der Waals surface area (Å²) >= 11 is 0. The average molecular weight is 295 g/mol. The minimum Gasteiger partial charge on any atom is -0.364 e. The van der Waals surface area contributed by atoms with E-state index in [1.165, 1.54) is 11.3 Å². The molecule has 0 aliphatic carbocycles. The molecule has 1 aromatic carbocycles. The third-order valence-electron chi connectivity index (χ3n) is 4.20. The molecule has 0 atom stereocenters. The molecule has 0 saturated carbocycles. The molecule has 0 unspecified atom stereocenters. The third-order valence-corrected chi connectivity index (χ3v) is 4.20. The molecule has 0 fully saturated rings. The molecule has 0 bridgehead atoms. The van der Waals surface area contributed by atoms with Crippen LogP contribution in [-0.2, 0) is 20.0 Å². The van der Waals surface area contributed by atoms with E-state index in [2.05, 4.69) is 44.2 Å². The van der Waals surface area contributed by atoms with Gasteiger partial charge in [-0.05, 0) is 24.5 Å². The molecule has 1 aliphatic rings. The summed E-state index contributed by atoms with van der Waals surface area (Å²) in [6.07, 6.45) is 3.79. The molecule has 3 heterocycles. The van der Waals surface area contributed by atoms with E-state index in [0.29, 0.717) is 23.4 Å². The van der Waals surface area contributed by atoms with Crippen molar-refractivity contribution in [3.63, 3.8) is 0 Å². The smallest absolute Gasteiger partial charge is 0.262 e. The standard InChI is InChI=1S/C16H17N5O/c1-20-15-12(9-17-20)16(22)19-14(18-15)10-21-8-4-6-11-5-2-3-7-13(11)21/h2-3,5,7,9H,4,6,8,10H2,1H3,(H,18,19,22). The second kappa shape index (κ2) is 4.98. The van der Waals surface area contributed by atoms with Gasteiger partial charge in [-0.1, -0.05) is 18.2 Å². The maximum atomic E-state index is 12.1. The summed E-state index contributed by atoms with van der Waals surface area (Å²) in [5.41, 5.74) is 3.10. The Morgan fingerprint density at radius 3 is 3.09 bits per heavy atom. The van der Waals surface area contributed by atoms with Crippen LogP contribution in [0.15, 0.2) is 35.3 Å². The molecule has 22 heavy (non-hydrogen) atoms. The summed E-state index contributed by atoms with van der Waals surface area (Å²) in [6.45, 7) is 1.58. The number of H-pyrrole nitrogens is 1. The van der Waals surface area contributed by atoms with Gasteiger partial charge < -0.3 is 9.88 Å². The first-order chi connectivity index (χ1) is 10.7. The fraction of sp³-hybridized carbons (Fsp3) is 0.312. The number of hydrogen-bond donors (Lipinski definition) is 1. The fourth-order valence-electron chi connectivity index (χ4n) is 3.11. The molecular formula is C16H17N5O. The van der Waals surface area contributed by atoms with E-state index in [9.17, 15) is 4.79 Å². The molecule has 3 aromatic rings. The quantitative estimate of drug-likeness (QED) is 0.780. The van der Waals surface area contributed by atoms with Gasteiger partial charge in [-0.25, -0.2) is 4.98 Å². The van der Waals surface area contributed by atoms with Crippen molar-refractivity contribution < 1.29 is 0 Å². The van der Waals surface area contributed by atoms with Crippen molar-refractivity contribution in [2.45, 2.75) is 19.4 Å². The molecule has 0 radical (unpaired) electrons. The lowest BCUT2D eigenvalue weighted by atomic mass is 10.0. The van der Waals surface area contributed by atoms with Crippen molar-refractivity contribution in [3.05, 3.63) is 52.2 Å². The summed E-state index contributed by atoms with van der Waals surface area (Å²) in [4.78, 5) is 21.9. The summed E-state index contributed by atoms with van der Waals surface area (Å²) in [6, 6.07) is 8.43. The van der Waals surface area contributed by atoms with Crippen molar-refractivity contribution >= 4 is 16.7 Å². The third kappa shape index (κ3) is 2.07. The van der Waals surface area contributed by atoms with Crippen LogP contribution in [-0.4, -0.2) is 26.3 Å². The Hall–Kier alpha value is -2.63. The first-order valence-corrected chi connectivity index (χ1v) is 7.46. The number of anilines is 1. The zero-order valence-corrected chi connectivity index (χ0v) is 12.4. The lowest BCUT2D eigenvalue weighted by Gasteiger charge is -2.30. The maximum Gasteiger partial charge on any atom is 0.262 e. The van der Waals surface area contributed by atoms with Crippen LogP contribution in [0.4, 0.5) is 5.69 Å². The highest BCUT2D eigenvalue weighted by Gasteiger charge is 2.18. The number of aromatic amines is 1. The Bertz CT molecular complexity index is 895. The van der Waals surface area contributed by atoms with Crippen LogP contribution < -0.4 is 10.5 Å². The highest BCUT2D eigenvalue weighted by Crippen LogP contribution is 2.27. The average Bonchev–Trinajstić information content (AvgIpc) is 2.90. The van der Waals surface area contributed by atoms with Gasteiger partial charge in [-0.15, -0.1) is 0 Å². The molecule has 1 aliphatic heterocycles. The van der Waals surface area contributed by atoms with Crippen LogP contribution in [0.25, 0.3) is 11.0 Å². The molecule has 0 amide bonds. The van der Waals surface area contributed by atoms with E-state index in [1.807, 2.05) is 0 Å². The zero-order chi connectivity index (χ0) is 15.1. The van der Waals surface area contributed by atoms with Gasteiger partial charge in [0, 0.05) is 19.3 Å². The molecule has 0 spiro atoms. The molecule has 2 aromatic heterocycles. The van der Waals surface area contributed by atoms with Crippen LogP contribution in [0.1, 0.15) is 17.8 Å². The summed E-state index contributed by atoms with van der Waals surface area (Å²) < 4.78 is 1.64. The Morgan fingerprint density at radius 1 is 1.32 bits per heavy atom. The van der Waals surface area contributed by atoms with Crippen molar-refractivity contribution in [1.82, 2.24) is 19.7 Å². The first kappa shape index (κ1) is 13.1. The lowest BCUT2D eigenvalue weighted by molar-refractivity contribution is 0.672. The summed E-state index contributed by atoms with van der Waals surface area (Å²) in [7, 11) is 1.80. The molecule has 4 rings (SSSR count). The van der Waals surface area contributed by atoms with Gasteiger partial charge in [0.05, 0.1) is 12.7 Å². The Labute approximate surface area is 127 Å². The fourth-order valence-corrected chi connectivity index (χ4v) is 3.11. The molecule has 1 N–H and O–H groups in total. The number of fused-ring (bicyclic) bond motifs is 2. The van der Waals surface area contributed by atoms with Crippen LogP contribution in [0, 0.1) is 0 Å². The van der Waals surface area contributed by atoms with Crippen molar-refractivity contribution in [2.75, 3.05) is 11.4 Å². The predicted molar refractivity (Wildman–Crippen MR) is 84.9 cm³/mol. The van der Waals surface area contributed by atoms with Crippen LogP contribution in [0.3, 0.4) is 0 Å². The second-order valence-electron chi connectivity index (χ2n) is 5.67. The van der Waals surface area contributed by atoms with Crippen LogP contribution in [0.5, 0.6) is 0 Å². The van der Waals surface area contributed by atoms with E-state index < -0.39 is 0 Å². The number of hydrogen-bond acceptors (Lipinski definition) is 4. The van der Waals surface area contributed by atoms with Gasteiger partial charge >= 0.3 is 0 Å². The van der Waals surface area contributed by atoms with Crippen molar-refractivity contribution in [3.8, 4) is 0 Å². The van der Waals surface area contributed by atoms with Gasteiger partial charge in [-0.3, -0.25) is 9.48 Å². The minimum absolute atomic E-state index is 0.126. The Morgan fingerprint density at radius 2 is 2.18 bits per heavy atom.